The normalized spacial score (nSPS) is 23.2. The number of benzene rings is 3. The van der Waals surface area contributed by atoms with Crippen LogP contribution in [0.25, 0.3) is 21.9 Å². The molecular weight excluding hydrogens is 528 g/mol. The first-order valence-electron chi connectivity index (χ1n) is 12.6. The van der Waals surface area contributed by atoms with E-state index < -0.39 is 36.5 Å². The van der Waals surface area contributed by atoms with Gasteiger partial charge in [0.05, 0.1) is 25.4 Å². The molecule has 0 bridgehead atoms. The molecule has 0 aromatic heterocycles. The van der Waals surface area contributed by atoms with Crippen LogP contribution in [-0.2, 0) is 38.8 Å². The van der Waals surface area contributed by atoms with Gasteiger partial charge in [-0.1, -0.05) is 6.07 Å². The van der Waals surface area contributed by atoms with Crippen molar-refractivity contribution in [2.75, 3.05) is 13.4 Å². The minimum absolute atomic E-state index is 0.0643. The summed E-state index contributed by atoms with van der Waals surface area (Å²) in [4.78, 5) is 24.5. The molecule has 12 nitrogen and oxygen atoms in total. The third-order valence-corrected chi connectivity index (χ3v) is 7.22. The number of hydrogen-bond donors (Lipinski definition) is 4. The van der Waals surface area contributed by atoms with E-state index in [2.05, 4.69) is 0 Å². The standard InChI is InChI=1S/C28H26O12/c1-12(31)39-21-10-36-28(25(33)24(21)32)40-26-17-5-15(8-30)14(7-29)4-16(17)22(23-18(26)9-35-27(23)34)13-2-3-19-20(6-13)38-11-37-19/h2-6,21,24-25,28-30,32-33H,7-11H2,1H3/t21-,24+,25-,28?/m1/s1. The maximum atomic E-state index is 13.1. The molecule has 0 amide bonds. The van der Waals surface area contributed by atoms with Gasteiger partial charge < -0.3 is 48.8 Å². The third kappa shape index (κ3) is 4.30. The van der Waals surface area contributed by atoms with Gasteiger partial charge in [0.15, 0.2) is 17.6 Å². The highest BCUT2D eigenvalue weighted by Gasteiger charge is 2.43. The van der Waals surface area contributed by atoms with Crippen LogP contribution in [0.1, 0.15) is 34.0 Å². The number of ether oxygens (including phenoxy) is 6. The van der Waals surface area contributed by atoms with E-state index in [9.17, 15) is 30.0 Å². The molecular formula is C28H26O12. The Kier molecular flexibility index (Phi) is 6.72. The van der Waals surface area contributed by atoms with Crippen molar-refractivity contribution >= 4 is 22.7 Å². The SMILES string of the molecule is CC(=O)O[C@@H]1COC(Oc2c3c(c(-c4ccc5c(c4)OCO5)c4cc(CO)c(CO)cc24)C(=O)OC3)[C@H](O)[C@H]1O. The lowest BCUT2D eigenvalue weighted by atomic mass is 9.87. The van der Waals surface area contributed by atoms with Gasteiger partial charge in [-0.15, -0.1) is 0 Å². The molecule has 0 aliphatic carbocycles. The van der Waals surface area contributed by atoms with Gasteiger partial charge in [-0.25, -0.2) is 4.79 Å². The molecule has 210 valence electrons. The first kappa shape index (κ1) is 26.3. The Balaban J connectivity index is 1.53. The molecule has 0 saturated carbocycles. The van der Waals surface area contributed by atoms with E-state index in [-0.39, 0.29) is 44.5 Å². The monoisotopic (exact) mass is 554 g/mol. The number of aliphatic hydroxyl groups excluding tert-OH is 4. The second-order valence-corrected chi connectivity index (χ2v) is 9.63. The Morgan fingerprint density at radius 2 is 1.68 bits per heavy atom. The highest BCUT2D eigenvalue weighted by molar-refractivity contribution is 6.13. The molecule has 0 radical (unpaired) electrons. The summed E-state index contributed by atoms with van der Waals surface area (Å²) in [5, 5.41) is 42.3. The first-order valence-corrected chi connectivity index (χ1v) is 12.6. The molecule has 4 atom stereocenters. The number of esters is 2. The number of cyclic esters (lactones) is 1. The van der Waals surface area contributed by atoms with Crippen LogP contribution in [0.2, 0.25) is 0 Å². The van der Waals surface area contributed by atoms with E-state index in [1.165, 1.54) is 6.92 Å². The van der Waals surface area contributed by atoms with Crippen LogP contribution < -0.4 is 14.2 Å². The predicted molar refractivity (Wildman–Crippen MR) is 134 cm³/mol. The zero-order chi connectivity index (χ0) is 28.1. The number of carbonyl (C=O) groups is 2. The van der Waals surface area contributed by atoms with Crippen molar-refractivity contribution in [1.82, 2.24) is 0 Å². The van der Waals surface area contributed by atoms with Crippen LogP contribution >= 0.6 is 0 Å². The number of aliphatic hydroxyl groups is 4. The minimum Gasteiger partial charge on any atom is -0.461 e. The summed E-state index contributed by atoms with van der Waals surface area (Å²) >= 11 is 0. The summed E-state index contributed by atoms with van der Waals surface area (Å²) in [5.41, 5.74) is 2.55. The fourth-order valence-corrected chi connectivity index (χ4v) is 5.30. The summed E-state index contributed by atoms with van der Waals surface area (Å²) in [6.07, 6.45) is -5.59. The molecule has 3 heterocycles. The summed E-state index contributed by atoms with van der Waals surface area (Å²) < 4.78 is 33.2. The zero-order valence-corrected chi connectivity index (χ0v) is 21.3. The highest BCUT2D eigenvalue weighted by atomic mass is 16.7. The number of carbonyl (C=O) groups excluding carboxylic acids is 2. The van der Waals surface area contributed by atoms with E-state index in [0.717, 1.165) is 0 Å². The smallest absolute Gasteiger partial charge is 0.339 e. The van der Waals surface area contributed by atoms with Gasteiger partial charge in [0.2, 0.25) is 13.1 Å². The van der Waals surface area contributed by atoms with Crippen LogP contribution in [0, 0.1) is 0 Å². The predicted octanol–water partition coefficient (Wildman–Crippen LogP) is 1.28. The van der Waals surface area contributed by atoms with Crippen molar-refractivity contribution in [3.63, 3.8) is 0 Å². The van der Waals surface area contributed by atoms with Crippen LogP contribution in [0.15, 0.2) is 30.3 Å². The molecule has 1 unspecified atom stereocenters. The summed E-state index contributed by atoms with van der Waals surface area (Å²) in [6.45, 7) is 0.0867. The lowest BCUT2D eigenvalue weighted by molar-refractivity contribution is -0.247. The molecule has 12 heteroatoms. The second-order valence-electron chi connectivity index (χ2n) is 9.63. The molecule has 4 N–H and O–H groups in total. The fourth-order valence-electron chi connectivity index (χ4n) is 5.30. The lowest BCUT2D eigenvalue weighted by Crippen LogP contribution is -2.56. The summed E-state index contributed by atoms with van der Waals surface area (Å²) in [5.74, 6) is -0.0580. The first-order chi connectivity index (χ1) is 19.3. The maximum absolute atomic E-state index is 13.1. The van der Waals surface area contributed by atoms with Crippen LogP contribution in [0.5, 0.6) is 17.2 Å². The Labute approximate surface area is 227 Å². The van der Waals surface area contributed by atoms with Gasteiger partial charge in [-0.2, -0.15) is 0 Å². The maximum Gasteiger partial charge on any atom is 0.339 e. The van der Waals surface area contributed by atoms with E-state index in [1.807, 2.05) is 0 Å². The Hall–Kier alpha value is -3.94. The fraction of sp³-hybridized carbons (Fsp3) is 0.357. The molecule has 3 aromatic rings. The number of hydrogen-bond acceptors (Lipinski definition) is 12. The quantitative estimate of drug-likeness (QED) is 0.322. The lowest BCUT2D eigenvalue weighted by Gasteiger charge is -2.37. The Morgan fingerprint density at radius 3 is 2.40 bits per heavy atom. The third-order valence-electron chi connectivity index (χ3n) is 7.22. The van der Waals surface area contributed by atoms with Gasteiger partial charge in [0, 0.05) is 23.4 Å². The Morgan fingerprint density at radius 1 is 0.950 bits per heavy atom. The van der Waals surface area contributed by atoms with Crippen LogP contribution in [0.3, 0.4) is 0 Å². The second kappa shape index (κ2) is 10.2. The van der Waals surface area contributed by atoms with Crippen LogP contribution in [0.4, 0.5) is 0 Å². The largest absolute Gasteiger partial charge is 0.461 e. The van der Waals surface area contributed by atoms with E-state index in [1.54, 1.807) is 30.3 Å². The molecule has 0 spiro atoms. The van der Waals surface area contributed by atoms with Crippen LogP contribution in [-0.4, -0.2) is 70.4 Å². The summed E-state index contributed by atoms with van der Waals surface area (Å²) in [7, 11) is 0. The van der Waals surface area contributed by atoms with Crippen molar-refractivity contribution in [1.29, 1.82) is 0 Å². The van der Waals surface area contributed by atoms with Crippen molar-refractivity contribution in [2.24, 2.45) is 0 Å². The number of rotatable bonds is 6. The van der Waals surface area contributed by atoms with Gasteiger partial charge in [-0.05, 0) is 46.3 Å². The van der Waals surface area contributed by atoms with E-state index in [0.29, 0.717) is 50.1 Å². The van der Waals surface area contributed by atoms with Gasteiger partial charge in [0.25, 0.3) is 0 Å². The Bertz CT molecular complexity index is 1520. The van der Waals surface area contributed by atoms with Gasteiger partial charge in [0.1, 0.15) is 24.6 Å². The number of fused-ring (bicyclic) bond motifs is 3. The minimum atomic E-state index is -1.61. The molecule has 1 fully saturated rings. The zero-order valence-electron chi connectivity index (χ0n) is 21.3. The molecule has 3 aliphatic heterocycles. The molecule has 3 aliphatic rings. The topological polar surface area (TPSA) is 170 Å². The highest BCUT2D eigenvalue weighted by Crippen LogP contribution is 2.48. The van der Waals surface area contributed by atoms with Gasteiger partial charge in [-0.3, -0.25) is 4.79 Å². The van der Waals surface area contributed by atoms with Crippen molar-refractivity contribution < 1.29 is 58.4 Å². The average molecular weight is 555 g/mol. The van der Waals surface area contributed by atoms with E-state index >= 15 is 0 Å². The van der Waals surface area contributed by atoms with Crippen molar-refractivity contribution in [3.8, 4) is 28.4 Å². The molecule has 6 rings (SSSR count). The van der Waals surface area contributed by atoms with Crippen molar-refractivity contribution in [3.05, 3.63) is 52.6 Å². The summed E-state index contributed by atoms with van der Waals surface area (Å²) in [6, 6.07) is 8.52. The van der Waals surface area contributed by atoms with Gasteiger partial charge >= 0.3 is 11.9 Å². The molecule has 1 saturated heterocycles. The van der Waals surface area contributed by atoms with E-state index in [4.69, 9.17) is 28.4 Å². The van der Waals surface area contributed by atoms with Crippen molar-refractivity contribution in [2.45, 2.75) is 51.3 Å². The molecule has 40 heavy (non-hydrogen) atoms. The average Bonchev–Trinajstić information content (AvgIpc) is 3.58. The molecule has 3 aromatic carbocycles.